The first-order valence-corrected chi connectivity index (χ1v) is 8.45. The molecule has 0 unspecified atom stereocenters. The van der Waals surface area contributed by atoms with Crippen molar-refractivity contribution in [3.05, 3.63) is 65.0 Å². The Morgan fingerprint density at radius 1 is 0.929 bits per heavy atom. The number of hydrogen-bond acceptors (Lipinski definition) is 5. The summed E-state index contributed by atoms with van der Waals surface area (Å²) in [6, 6.07) is 15.0. The highest BCUT2D eigenvalue weighted by atomic mass is 16.5. The molecule has 2 N–H and O–H groups in total. The highest BCUT2D eigenvalue weighted by Gasteiger charge is 2.13. The van der Waals surface area contributed by atoms with E-state index in [1.165, 1.54) is 25.0 Å². The average Bonchev–Trinajstić information content (AvgIpc) is 2.70. The van der Waals surface area contributed by atoms with Crippen molar-refractivity contribution in [3.8, 4) is 22.8 Å². The van der Waals surface area contributed by atoms with Gasteiger partial charge in [0.2, 0.25) is 0 Å². The minimum absolute atomic E-state index is 0.175. The molecule has 0 aliphatic rings. The van der Waals surface area contributed by atoms with Crippen LogP contribution in [0, 0.1) is 0 Å². The molecule has 3 rings (SSSR count). The van der Waals surface area contributed by atoms with E-state index in [1.807, 2.05) is 12.1 Å². The van der Waals surface area contributed by atoms with Crippen LogP contribution in [0.1, 0.15) is 0 Å². The fourth-order valence-corrected chi connectivity index (χ4v) is 2.63. The van der Waals surface area contributed by atoms with Crippen LogP contribution in [0.15, 0.2) is 59.4 Å². The zero-order chi connectivity index (χ0) is 20.1. The Hall–Kier alpha value is -3.81. The van der Waals surface area contributed by atoms with Gasteiger partial charge < -0.3 is 20.1 Å². The van der Waals surface area contributed by atoms with E-state index >= 15 is 0 Å². The number of rotatable bonds is 5. The number of benzene rings is 2. The molecule has 0 aliphatic carbocycles. The van der Waals surface area contributed by atoms with Gasteiger partial charge in [-0.2, -0.15) is 5.10 Å². The molecule has 0 saturated heterocycles. The summed E-state index contributed by atoms with van der Waals surface area (Å²) < 4.78 is 11.8. The zero-order valence-corrected chi connectivity index (χ0v) is 15.7. The second kappa shape index (κ2) is 8.26. The van der Waals surface area contributed by atoms with E-state index < -0.39 is 6.03 Å². The summed E-state index contributed by atoms with van der Waals surface area (Å²) in [7, 11) is 4.63. The van der Waals surface area contributed by atoms with Crippen molar-refractivity contribution < 1.29 is 14.3 Å². The second-order valence-electron chi connectivity index (χ2n) is 5.87. The number of aromatic nitrogens is 2. The number of ether oxygens (including phenoxy) is 2. The predicted molar refractivity (Wildman–Crippen MR) is 107 cm³/mol. The Balaban J connectivity index is 1.73. The number of hydrogen-bond donors (Lipinski definition) is 2. The molecule has 8 nitrogen and oxygen atoms in total. The maximum atomic E-state index is 12.4. The molecule has 1 aromatic heterocycles. The second-order valence-corrected chi connectivity index (χ2v) is 5.87. The largest absolute Gasteiger partial charge is 0.494 e. The lowest BCUT2D eigenvalue weighted by atomic mass is 10.1. The van der Waals surface area contributed by atoms with Crippen molar-refractivity contribution >= 4 is 17.4 Å². The number of carbonyl (C=O) groups excluding carboxylic acids is 1. The van der Waals surface area contributed by atoms with Crippen LogP contribution < -0.4 is 25.7 Å². The van der Waals surface area contributed by atoms with Gasteiger partial charge in [0.25, 0.3) is 5.56 Å². The molecule has 2 amide bonds. The molecule has 8 heteroatoms. The molecular weight excluding hydrogens is 360 g/mol. The van der Waals surface area contributed by atoms with Gasteiger partial charge in [-0.05, 0) is 30.3 Å². The molecule has 2 aromatic carbocycles. The Morgan fingerprint density at radius 2 is 1.57 bits per heavy atom. The third-order valence-corrected chi connectivity index (χ3v) is 4.07. The monoisotopic (exact) mass is 380 g/mol. The number of anilines is 2. The molecular formula is C20H20N4O4. The van der Waals surface area contributed by atoms with Crippen molar-refractivity contribution in [2.24, 2.45) is 7.05 Å². The highest BCUT2D eigenvalue weighted by Crippen LogP contribution is 2.34. The standard InChI is InChI=1S/C20H20N4O4/c1-24-18(25)12-11-15(23-24)13-7-9-14(10-8-13)21-20(26)22-19-16(27-2)5-4-6-17(19)28-3/h4-12H,1-3H3,(H2,21,22,26). The molecule has 0 radical (unpaired) electrons. The van der Waals surface area contributed by atoms with Crippen LogP contribution in [-0.2, 0) is 7.05 Å². The summed E-state index contributed by atoms with van der Waals surface area (Å²) in [6.45, 7) is 0. The SMILES string of the molecule is COc1cccc(OC)c1NC(=O)Nc1ccc(-c2ccc(=O)n(C)n2)cc1. The first kappa shape index (κ1) is 19.0. The molecule has 0 atom stereocenters. The van der Waals surface area contributed by atoms with Crippen LogP contribution in [0.3, 0.4) is 0 Å². The van der Waals surface area contributed by atoms with Crippen LogP contribution in [0.5, 0.6) is 11.5 Å². The van der Waals surface area contributed by atoms with Crippen molar-refractivity contribution in [3.63, 3.8) is 0 Å². The quantitative estimate of drug-likeness (QED) is 0.709. The molecule has 3 aromatic rings. The van der Waals surface area contributed by atoms with Gasteiger partial charge in [-0.3, -0.25) is 4.79 Å². The Morgan fingerprint density at radius 3 is 2.14 bits per heavy atom. The van der Waals surface area contributed by atoms with Gasteiger partial charge >= 0.3 is 6.03 Å². The van der Waals surface area contributed by atoms with Crippen LogP contribution >= 0.6 is 0 Å². The number of amides is 2. The minimum atomic E-state index is -0.434. The first-order valence-electron chi connectivity index (χ1n) is 8.45. The summed E-state index contributed by atoms with van der Waals surface area (Å²) in [5.41, 5.74) is 2.35. The molecule has 144 valence electrons. The van der Waals surface area contributed by atoms with Crippen LogP contribution in [0.4, 0.5) is 16.2 Å². The first-order chi connectivity index (χ1) is 13.5. The minimum Gasteiger partial charge on any atom is -0.494 e. The number of aryl methyl sites for hydroxylation is 1. The lowest BCUT2D eigenvalue weighted by Crippen LogP contribution is -2.20. The maximum absolute atomic E-state index is 12.4. The smallest absolute Gasteiger partial charge is 0.323 e. The number of nitrogens with one attached hydrogen (secondary N) is 2. The molecule has 0 aliphatic heterocycles. The summed E-state index contributed by atoms with van der Waals surface area (Å²) in [5, 5.41) is 9.70. The van der Waals surface area contributed by atoms with Gasteiger partial charge in [0.1, 0.15) is 17.2 Å². The van der Waals surface area contributed by atoms with E-state index in [0.29, 0.717) is 28.6 Å². The Bertz CT molecular complexity index is 1020. The van der Waals surface area contributed by atoms with Crippen LogP contribution in [0.25, 0.3) is 11.3 Å². The highest BCUT2D eigenvalue weighted by molar-refractivity contribution is 6.01. The number of urea groups is 1. The van der Waals surface area contributed by atoms with Gasteiger partial charge in [-0.15, -0.1) is 0 Å². The number of nitrogens with zero attached hydrogens (tertiary/aromatic N) is 2. The van der Waals surface area contributed by atoms with Crippen LogP contribution in [-0.4, -0.2) is 30.0 Å². The van der Waals surface area contributed by atoms with Gasteiger partial charge in [0, 0.05) is 24.4 Å². The fraction of sp³-hybridized carbons (Fsp3) is 0.150. The fourth-order valence-electron chi connectivity index (χ4n) is 2.63. The maximum Gasteiger partial charge on any atom is 0.323 e. The normalized spacial score (nSPS) is 10.2. The van der Waals surface area contributed by atoms with E-state index in [1.54, 1.807) is 43.4 Å². The third kappa shape index (κ3) is 4.12. The van der Waals surface area contributed by atoms with Gasteiger partial charge in [-0.1, -0.05) is 18.2 Å². The summed E-state index contributed by atoms with van der Waals surface area (Å²) in [6.07, 6.45) is 0. The van der Waals surface area contributed by atoms with Crippen molar-refractivity contribution in [2.75, 3.05) is 24.9 Å². The van der Waals surface area contributed by atoms with Gasteiger partial charge in [0.15, 0.2) is 0 Å². The topological polar surface area (TPSA) is 94.5 Å². The van der Waals surface area contributed by atoms with Crippen LogP contribution in [0.2, 0.25) is 0 Å². The van der Waals surface area contributed by atoms with E-state index in [4.69, 9.17) is 9.47 Å². The Kier molecular flexibility index (Phi) is 5.59. The molecule has 0 fully saturated rings. The number of para-hydroxylation sites is 1. The van der Waals surface area contributed by atoms with Crippen molar-refractivity contribution in [1.82, 2.24) is 9.78 Å². The Labute approximate surface area is 161 Å². The molecule has 0 bridgehead atoms. The van der Waals surface area contributed by atoms with E-state index in [0.717, 1.165) is 5.56 Å². The molecule has 1 heterocycles. The molecule has 28 heavy (non-hydrogen) atoms. The zero-order valence-electron chi connectivity index (χ0n) is 15.7. The molecule has 0 spiro atoms. The van der Waals surface area contributed by atoms with Crippen molar-refractivity contribution in [1.29, 1.82) is 0 Å². The van der Waals surface area contributed by atoms with Gasteiger partial charge in [-0.25, -0.2) is 9.48 Å². The lowest BCUT2D eigenvalue weighted by molar-refractivity contribution is 0.262. The van der Waals surface area contributed by atoms with Gasteiger partial charge in [0.05, 0.1) is 19.9 Å². The predicted octanol–water partition coefficient (Wildman–Crippen LogP) is 3.11. The van der Waals surface area contributed by atoms with E-state index in [9.17, 15) is 9.59 Å². The average molecular weight is 380 g/mol. The summed E-state index contributed by atoms with van der Waals surface area (Å²) in [5.74, 6) is 0.983. The summed E-state index contributed by atoms with van der Waals surface area (Å²) in [4.78, 5) is 23.8. The number of methoxy groups -OCH3 is 2. The lowest BCUT2D eigenvalue weighted by Gasteiger charge is -2.14. The number of carbonyl (C=O) groups is 1. The van der Waals surface area contributed by atoms with E-state index in [2.05, 4.69) is 15.7 Å². The van der Waals surface area contributed by atoms with E-state index in [-0.39, 0.29) is 5.56 Å². The third-order valence-electron chi connectivity index (χ3n) is 4.07. The van der Waals surface area contributed by atoms with Crippen molar-refractivity contribution in [2.45, 2.75) is 0 Å². The summed E-state index contributed by atoms with van der Waals surface area (Å²) >= 11 is 0. The molecule has 0 saturated carbocycles.